The number of hydrogen-bond acceptors (Lipinski definition) is 1. The van der Waals surface area contributed by atoms with Gasteiger partial charge in [0.05, 0.1) is 5.56 Å². The van der Waals surface area contributed by atoms with Crippen molar-refractivity contribution in [3.8, 4) is 0 Å². The first kappa shape index (κ1) is 9.06. The Bertz CT molecular complexity index is 273. The zero-order chi connectivity index (χ0) is 9.19. The van der Waals surface area contributed by atoms with Gasteiger partial charge in [-0.15, -0.1) is 4.94 Å². The lowest BCUT2D eigenvalue weighted by molar-refractivity contribution is -0.364. The van der Waals surface area contributed by atoms with Gasteiger partial charge in [-0.2, -0.15) is 8.78 Å². The largest absolute Gasteiger partial charge is 0.413 e. The van der Waals surface area contributed by atoms with E-state index in [0.29, 0.717) is 5.56 Å². The molecule has 0 aliphatic rings. The molecule has 0 radical (unpaired) electrons. The van der Waals surface area contributed by atoms with Crippen LogP contribution in [-0.2, 0) is 11.1 Å². The fraction of sp³-hybridized carbons (Fsp3) is 0.250. The van der Waals surface area contributed by atoms with Gasteiger partial charge < -0.3 is 0 Å². The molecule has 1 aromatic carbocycles. The minimum absolute atomic E-state index is 0.292. The molecule has 0 aromatic heterocycles. The van der Waals surface area contributed by atoms with Crippen LogP contribution in [0, 0.1) is 6.92 Å². The molecule has 1 nitrogen and oxygen atoms in total. The molecule has 0 saturated heterocycles. The lowest BCUT2D eigenvalue weighted by atomic mass is 10.1. The predicted molar refractivity (Wildman–Crippen MR) is 37.3 cm³/mol. The van der Waals surface area contributed by atoms with Crippen molar-refractivity contribution in [2.45, 2.75) is 13.0 Å². The van der Waals surface area contributed by atoms with Crippen LogP contribution in [0.4, 0.5) is 13.3 Å². The molecule has 0 aliphatic carbocycles. The van der Waals surface area contributed by atoms with Gasteiger partial charge in [0, 0.05) is 0 Å². The van der Waals surface area contributed by atoms with Crippen molar-refractivity contribution in [2.24, 2.45) is 0 Å². The molecular formula is C8H7F3O. The molecular weight excluding hydrogens is 169 g/mol. The topological polar surface area (TPSA) is 9.23 Å². The van der Waals surface area contributed by atoms with Gasteiger partial charge in [-0.05, 0) is 23.1 Å². The average Bonchev–Trinajstić information content (AvgIpc) is 2.05. The van der Waals surface area contributed by atoms with Crippen LogP contribution in [0.3, 0.4) is 0 Å². The summed E-state index contributed by atoms with van der Waals surface area (Å²) in [5.74, 6) is 0. The molecule has 0 bridgehead atoms. The van der Waals surface area contributed by atoms with E-state index in [1.807, 2.05) is 0 Å². The molecule has 0 unspecified atom stereocenters. The molecule has 12 heavy (non-hydrogen) atoms. The van der Waals surface area contributed by atoms with Crippen LogP contribution in [0.5, 0.6) is 0 Å². The van der Waals surface area contributed by atoms with Crippen LogP contribution >= 0.6 is 0 Å². The second-order valence-corrected chi connectivity index (χ2v) is 2.41. The molecule has 0 heterocycles. The van der Waals surface area contributed by atoms with E-state index >= 15 is 0 Å². The quantitative estimate of drug-likeness (QED) is 0.673. The molecule has 0 atom stereocenters. The molecule has 1 aromatic rings. The summed E-state index contributed by atoms with van der Waals surface area (Å²) in [5.41, 5.74) is -0.160. The second kappa shape index (κ2) is 3.15. The van der Waals surface area contributed by atoms with E-state index in [-0.39, 0.29) is 0 Å². The van der Waals surface area contributed by atoms with Crippen LogP contribution < -0.4 is 0 Å². The monoisotopic (exact) mass is 176 g/mol. The number of halogens is 3. The molecule has 4 heteroatoms. The Kier molecular flexibility index (Phi) is 2.38. The van der Waals surface area contributed by atoms with Crippen molar-refractivity contribution < 1.29 is 18.2 Å². The van der Waals surface area contributed by atoms with Crippen LogP contribution in [0.2, 0.25) is 0 Å². The van der Waals surface area contributed by atoms with Gasteiger partial charge in [0.1, 0.15) is 0 Å². The normalized spacial score (nSPS) is 11.7. The summed E-state index contributed by atoms with van der Waals surface area (Å²) < 4.78 is 36.5. The molecule has 0 amide bonds. The molecule has 0 saturated carbocycles. The van der Waals surface area contributed by atoms with Gasteiger partial charge in [-0.1, -0.05) is 18.2 Å². The Labute approximate surface area is 67.7 Å². The standard InChI is InChI=1S/C8H7F3O/c1-6-4-2-3-5-7(6)8(9,10)12-11/h2-5H,1H3. The van der Waals surface area contributed by atoms with Crippen LogP contribution in [0.1, 0.15) is 11.1 Å². The van der Waals surface area contributed by atoms with Crippen LogP contribution in [0.25, 0.3) is 0 Å². The molecule has 0 spiro atoms. The number of rotatable bonds is 2. The maximum Gasteiger partial charge on any atom is 0.413 e. The summed E-state index contributed by atoms with van der Waals surface area (Å²) in [5, 5.41) is 0. The van der Waals surface area contributed by atoms with Crippen molar-refractivity contribution in [2.75, 3.05) is 0 Å². The van der Waals surface area contributed by atoms with Crippen molar-refractivity contribution >= 4 is 0 Å². The Morgan fingerprint density at radius 2 is 1.83 bits per heavy atom. The third kappa shape index (κ3) is 1.58. The highest BCUT2D eigenvalue weighted by atomic mass is 19.4. The predicted octanol–water partition coefficient (Wildman–Crippen LogP) is 2.95. The number of aryl methyl sites for hydroxylation is 1. The SMILES string of the molecule is Cc1ccccc1C(F)(F)OF. The van der Waals surface area contributed by atoms with Gasteiger partial charge >= 0.3 is 6.11 Å². The van der Waals surface area contributed by atoms with Gasteiger partial charge in [-0.3, -0.25) is 0 Å². The third-order valence-corrected chi connectivity index (χ3v) is 1.56. The van der Waals surface area contributed by atoms with Crippen molar-refractivity contribution in [1.82, 2.24) is 0 Å². The van der Waals surface area contributed by atoms with Gasteiger partial charge in [0.2, 0.25) is 0 Å². The Hall–Kier alpha value is -1.03. The Morgan fingerprint density at radius 3 is 2.33 bits per heavy atom. The number of hydrogen-bond donors (Lipinski definition) is 0. The minimum Gasteiger partial charge on any atom is -0.168 e. The molecule has 0 fully saturated rings. The maximum absolute atomic E-state index is 12.5. The lowest BCUT2D eigenvalue weighted by Gasteiger charge is -2.12. The summed E-state index contributed by atoms with van der Waals surface area (Å²) in [6.45, 7) is 1.46. The number of alkyl halides is 2. The molecule has 0 aliphatic heterocycles. The van der Waals surface area contributed by atoms with Gasteiger partial charge in [0.25, 0.3) is 0 Å². The van der Waals surface area contributed by atoms with E-state index in [1.54, 1.807) is 6.07 Å². The summed E-state index contributed by atoms with van der Waals surface area (Å²) in [4.78, 5) is 2.57. The molecule has 0 N–H and O–H groups in total. The average molecular weight is 176 g/mol. The molecule has 1 rings (SSSR count). The van der Waals surface area contributed by atoms with Gasteiger partial charge in [0.15, 0.2) is 0 Å². The van der Waals surface area contributed by atoms with E-state index in [9.17, 15) is 13.3 Å². The summed E-state index contributed by atoms with van der Waals surface area (Å²) in [6.07, 6.45) is -3.84. The van der Waals surface area contributed by atoms with E-state index in [4.69, 9.17) is 0 Å². The zero-order valence-corrected chi connectivity index (χ0v) is 6.35. The van der Waals surface area contributed by atoms with E-state index < -0.39 is 11.7 Å². The summed E-state index contributed by atoms with van der Waals surface area (Å²) in [7, 11) is 0. The van der Waals surface area contributed by atoms with Crippen LogP contribution in [-0.4, -0.2) is 0 Å². The van der Waals surface area contributed by atoms with Crippen molar-refractivity contribution in [3.05, 3.63) is 35.4 Å². The van der Waals surface area contributed by atoms with E-state index in [0.717, 1.165) is 6.07 Å². The molecule has 66 valence electrons. The summed E-state index contributed by atoms with van der Waals surface area (Å²) in [6, 6.07) is 5.57. The first-order valence-corrected chi connectivity index (χ1v) is 3.31. The fourth-order valence-electron chi connectivity index (χ4n) is 0.941. The highest BCUT2D eigenvalue weighted by Crippen LogP contribution is 2.31. The number of benzene rings is 1. The fourth-order valence-corrected chi connectivity index (χ4v) is 0.941. The lowest BCUT2D eigenvalue weighted by Crippen LogP contribution is -2.14. The van der Waals surface area contributed by atoms with Crippen molar-refractivity contribution in [3.63, 3.8) is 0 Å². The first-order chi connectivity index (χ1) is 5.58. The maximum atomic E-state index is 12.5. The van der Waals surface area contributed by atoms with E-state index in [2.05, 4.69) is 4.94 Å². The highest BCUT2D eigenvalue weighted by Gasteiger charge is 2.35. The van der Waals surface area contributed by atoms with E-state index in [1.165, 1.54) is 19.1 Å². The van der Waals surface area contributed by atoms with Gasteiger partial charge in [-0.25, -0.2) is 0 Å². The summed E-state index contributed by atoms with van der Waals surface area (Å²) >= 11 is 0. The smallest absolute Gasteiger partial charge is 0.168 e. The van der Waals surface area contributed by atoms with Crippen molar-refractivity contribution in [1.29, 1.82) is 0 Å². The third-order valence-electron chi connectivity index (χ3n) is 1.56. The highest BCUT2D eigenvalue weighted by molar-refractivity contribution is 5.27. The Morgan fingerprint density at radius 1 is 1.25 bits per heavy atom. The minimum atomic E-state index is -3.84. The zero-order valence-electron chi connectivity index (χ0n) is 6.35. The Balaban J connectivity index is 3.10. The second-order valence-electron chi connectivity index (χ2n) is 2.41. The first-order valence-electron chi connectivity index (χ1n) is 3.31. The van der Waals surface area contributed by atoms with Crippen LogP contribution in [0.15, 0.2) is 24.3 Å².